The summed E-state index contributed by atoms with van der Waals surface area (Å²) >= 11 is 0. The molecule has 1 atom stereocenters. The van der Waals surface area contributed by atoms with E-state index >= 15 is 0 Å². The van der Waals surface area contributed by atoms with Crippen LogP contribution < -0.4 is 4.90 Å². The highest BCUT2D eigenvalue weighted by Gasteiger charge is 2.44. The quantitative estimate of drug-likeness (QED) is 0.326. The summed E-state index contributed by atoms with van der Waals surface area (Å²) in [6.45, 7) is 6.22. The zero-order valence-electron chi connectivity index (χ0n) is 21.2. The van der Waals surface area contributed by atoms with Gasteiger partial charge in [0.25, 0.3) is 5.91 Å². The molecular weight excluding hydrogens is 466 g/mol. The number of rotatable bonds is 6. The van der Waals surface area contributed by atoms with Gasteiger partial charge in [0.1, 0.15) is 11.6 Å². The van der Waals surface area contributed by atoms with Crippen molar-refractivity contribution in [3.05, 3.63) is 84.4 Å². The molecule has 7 nitrogen and oxygen atoms in total. The fourth-order valence-corrected chi connectivity index (χ4v) is 4.59. The van der Waals surface area contributed by atoms with Crippen molar-refractivity contribution in [2.75, 3.05) is 4.90 Å². The number of oxazole rings is 1. The van der Waals surface area contributed by atoms with Gasteiger partial charge < -0.3 is 9.32 Å². The number of amides is 3. The number of fused-ring (bicyclic) bond motifs is 1. The van der Waals surface area contributed by atoms with E-state index in [2.05, 4.69) is 4.98 Å². The molecule has 1 aromatic heterocycles. The predicted octanol–water partition coefficient (Wildman–Crippen LogP) is 5.59. The Kier molecular flexibility index (Phi) is 6.38. The largest absolute Gasteiger partial charge is 0.436 e. The predicted molar refractivity (Wildman–Crippen MR) is 141 cm³/mol. The van der Waals surface area contributed by atoms with Gasteiger partial charge in [-0.3, -0.25) is 14.4 Å². The summed E-state index contributed by atoms with van der Waals surface area (Å²) in [4.78, 5) is 47.2. The monoisotopic (exact) mass is 495 g/mol. The van der Waals surface area contributed by atoms with Gasteiger partial charge in [0.15, 0.2) is 5.58 Å². The Morgan fingerprint density at radius 2 is 1.65 bits per heavy atom. The van der Waals surface area contributed by atoms with Crippen LogP contribution in [0.5, 0.6) is 0 Å². The lowest BCUT2D eigenvalue weighted by atomic mass is 9.91. The number of carbonyl (C=O) groups is 3. The molecule has 0 spiro atoms. The maximum Gasteiger partial charge on any atom is 0.257 e. The lowest BCUT2D eigenvalue weighted by Crippen LogP contribution is -2.46. The third kappa shape index (κ3) is 5.16. The molecule has 37 heavy (non-hydrogen) atoms. The molecule has 5 rings (SSSR count). The molecule has 1 unspecified atom stereocenters. The first-order chi connectivity index (χ1) is 17.7. The van der Waals surface area contributed by atoms with Crippen LogP contribution in [0.1, 0.15) is 39.2 Å². The van der Waals surface area contributed by atoms with Gasteiger partial charge in [-0.15, -0.1) is 0 Å². The molecule has 0 N–H and O–H groups in total. The summed E-state index contributed by atoms with van der Waals surface area (Å²) in [5.41, 5.74) is 3.30. The summed E-state index contributed by atoms with van der Waals surface area (Å²) in [5, 5.41) is 0. The van der Waals surface area contributed by atoms with Gasteiger partial charge in [-0.1, -0.05) is 63.2 Å². The van der Waals surface area contributed by atoms with Crippen LogP contribution in [0.3, 0.4) is 0 Å². The van der Waals surface area contributed by atoms with Gasteiger partial charge in [0, 0.05) is 18.5 Å². The van der Waals surface area contributed by atoms with Gasteiger partial charge in [-0.2, -0.15) is 0 Å². The topological polar surface area (TPSA) is 83.7 Å². The second-order valence-corrected chi connectivity index (χ2v) is 10.6. The van der Waals surface area contributed by atoms with Crippen LogP contribution in [0.15, 0.2) is 83.3 Å². The summed E-state index contributed by atoms with van der Waals surface area (Å²) in [6, 6.07) is 23.2. The van der Waals surface area contributed by atoms with E-state index in [1.54, 1.807) is 29.2 Å². The molecule has 0 saturated carbocycles. The second-order valence-electron chi connectivity index (χ2n) is 10.6. The van der Waals surface area contributed by atoms with Crippen LogP contribution >= 0.6 is 0 Å². The molecule has 1 fully saturated rings. The number of aromatic nitrogens is 1. The first-order valence-electron chi connectivity index (χ1n) is 12.4. The van der Waals surface area contributed by atoms with Crippen molar-refractivity contribution in [2.24, 2.45) is 5.41 Å². The van der Waals surface area contributed by atoms with E-state index in [1.165, 1.54) is 4.90 Å². The summed E-state index contributed by atoms with van der Waals surface area (Å²) in [6.07, 6.45) is 0.228. The van der Waals surface area contributed by atoms with Gasteiger partial charge in [-0.25, -0.2) is 9.88 Å². The Morgan fingerprint density at radius 1 is 0.973 bits per heavy atom. The average molecular weight is 496 g/mol. The van der Waals surface area contributed by atoms with E-state index in [0.29, 0.717) is 17.2 Å². The maximum atomic E-state index is 13.6. The van der Waals surface area contributed by atoms with Crippen molar-refractivity contribution in [2.45, 2.75) is 46.2 Å². The summed E-state index contributed by atoms with van der Waals surface area (Å²) in [5.74, 6) is -0.397. The number of benzene rings is 3. The normalized spacial score (nSPS) is 16.0. The fourth-order valence-electron chi connectivity index (χ4n) is 4.59. The van der Waals surface area contributed by atoms with Crippen molar-refractivity contribution < 1.29 is 18.8 Å². The van der Waals surface area contributed by atoms with Gasteiger partial charge in [0.05, 0.1) is 12.1 Å². The number of anilines is 1. The smallest absolute Gasteiger partial charge is 0.257 e. The SMILES string of the molecule is CC(C)(C)CC(=O)N(Cc1ccccc1)C1CC(=O)N(c2ccc(-c3nc4ccccc4o3)cc2)C1=O. The molecule has 0 bridgehead atoms. The molecule has 7 heteroatoms. The van der Waals surface area contributed by atoms with Crippen LogP contribution in [0.2, 0.25) is 0 Å². The first kappa shape index (κ1) is 24.4. The van der Waals surface area contributed by atoms with Crippen molar-refractivity contribution in [1.82, 2.24) is 9.88 Å². The molecule has 2 heterocycles. The number of hydrogen-bond donors (Lipinski definition) is 0. The Balaban J connectivity index is 1.40. The Bertz CT molecular complexity index is 1420. The third-order valence-corrected chi connectivity index (χ3v) is 6.36. The lowest BCUT2D eigenvalue weighted by molar-refractivity contribution is -0.140. The van der Waals surface area contributed by atoms with Crippen LogP contribution in [0.4, 0.5) is 5.69 Å². The fraction of sp³-hybridized carbons (Fsp3) is 0.267. The van der Waals surface area contributed by atoms with E-state index in [0.717, 1.165) is 16.6 Å². The van der Waals surface area contributed by atoms with Crippen LogP contribution in [0, 0.1) is 5.41 Å². The molecule has 0 radical (unpaired) electrons. The summed E-state index contributed by atoms with van der Waals surface area (Å²) < 4.78 is 5.83. The van der Waals surface area contributed by atoms with E-state index in [-0.39, 0.29) is 36.6 Å². The number of imide groups is 1. The minimum Gasteiger partial charge on any atom is -0.436 e. The van der Waals surface area contributed by atoms with Gasteiger partial charge >= 0.3 is 0 Å². The second kappa shape index (κ2) is 9.65. The van der Waals surface area contributed by atoms with E-state index < -0.39 is 11.9 Å². The molecule has 1 saturated heterocycles. The molecule has 188 valence electrons. The van der Waals surface area contributed by atoms with E-state index in [4.69, 9.17) is 4.42 Å². The molecule has 0 aliphatic carbocycles. The molecule has 1 aliphatic rings. The van der Waals surface area contributed by atoms with Gasteiger partial charge in [-0.05, 0) is 47.4 Å². The lowest BCUT2D eigenvalue weighted by Gasteiger charge is -2.30. The van der Waals surface area contributed by atoms with Gasteiger partial charge in [0.2, 0.25) is 17.7 Å². The van der Waals surface area contributed by atoms with Crippen molar-refractivity contribution in [3.63, 3.8) is 0 Å². The molecule has 3 amide bonds. The Labute approximate surface area is 215 Å². The number of carbonyl (C=O) groups excluding carboxylic acids is 3. The zero-order valence-corrected chi connectivity index (χ0v) is 21.2. The van der Waals surface area contributed by atoms with E-state index in [1.807, 2.05) is 75.4 Å². The van der Waals surface area contributed by atoms with Crippen LogP contribution in [-0.4, -0.2) is 33.6 Å². The van der Waals surface area contributed by atoms with Crippen molar-refractivity contribution >= 4 is 34.5 Å². The molecule has 1 aliphatic heterocycles. The highest BCUT2D eigenvalue weighted by Crippen LogP contribution is 2.31. The minimum atomic E-state index is -0.848. The van der Waals surface area contributed by atoms with Crippen LogP contribution in [0.25, 0.3) is 22.6 Å². The molecular formula is C30H29N3O4. The maximum absolute atomic E-state index is 13.6. The Morgan fingerprint density at radius 3 is 2.32 bits per heavy atom. The molecule has 4 aromatic rings. The first-order valence-corrected chi connectivity index (χ1v) is 12.4. The highest BCUT2D eigenvalue weighted by atomic mass is 16.3. The Hall–Kier alpha value is -4.26. The standard InChI is InChI=1S/C30H29N3O4/c1-30(2,3)18-27(35)32(19-20-9-5-4-6-10-20)24-17-26(34)33(29(24)36)22-15-13-21(14-16-22)28-31-23-11-7-8-12-25(23)37-28/h4-16,24H,17-19H2,1-3H3. The van der Waals surface area contributed by atoms with E-state index in [9.17, 15) is 14.4 Å². The number of nitrogens with zero attached hydrogens (tertiary/aromatic N) is 3. The average Bonchev–Trinajstić information content (AvgIpc) is 3.42. The third-order valence-electron chi connectivity index (χ3n) is 6.36. The minimum absolute atomic E-state index is 0.0472. The number of hydrogen-bond acceptors (Lipinski definition) is 5. The summed E-state index contributed by atoms with van der Waals surface area (Å²) in [7, 11) is 0. The number of para-hydroxylation sites is 2. The van der Waals surface area contributed by atoms with Crippen LogP contribution in [-0.2, 0) is 20.9 Å². The zero-order chi connectivity index (χ0) is 26.2. The highest BCUT2D eigenvalue weighted by molar-refractivity contribution is 6.23. The molecule has 3 aromatic carbocycles. The van der Waals surface area contributed by atoms with Crippen molar-refractivity contribution in [1.29, 1.82) is 0 Å². The van der Waals surface area contributed by atoms with Crippen molar-refractivity contribution in [3.8, 4) is 11.5 Å².